The first kappa shape index (κ1) is 16.8. The smallest absolute Gasteiger partial charge is 0.320 e. The Morgan fingerprint density at radius 3 is 2.60 bits per heavy atom. The number of carboxylic acids is 1. The lowest BCUT2D eigenvalue weighted by Gasteiger charge is -2.29. The molecule has 1 saturated heterocycles. The Hall–Kier alpha value is -1.26. The van der Waals surface area contributed by atoms with Crippen molar-refractivity contribution in [3.8, 4) is 0 Å². The maximum atomic E-state index is 12.4. The van der Waals surface area contributed by atoms with Crippen molar-refractivity contribution in [2.24, 2.45) is 5.92 Å². The first-order chi connectivity index (χ1) is 9.58. The van der Waals surface area contributed by atoms with Crippen LogP contribution in [-0.2, 0) is 4.79 Å². The Kier molecular flexibility index (Phi) is 7.41. The van der Waals surface area contributed by atoms with E-state index < -0.39 is 5.97 Å². The minimum atomic E-state index is -0.852. The molecule has 0 aromatic heterocycles. The van der Waals surface area contributed by atoms with Crippen molar-refractivity contribution in [3.63, 3.8) is 0 Å². The van der Waals surface area contributed by atoms with Gasteiger partial charge in [-0.2, -0.15) is 0 Å². The molecule has 2 amide bonds. The van der Waals surface area contributed by atoms with Crippen LogP contribution in [-0.4, -0.2) is 53.1 Å². The van der Waals surface area contributed by atoms with Gasteiger partial charge >= 0.3 is 12.0 Å². The van der Waals surface area contributed by atoms with Crippen LogP contribution in [0.4, 0.5) is 4.79 Å². The quantitative estimate of drug-likeness (QED) is 0.816. The van der Waals surface area contributed by atoms with Gasteiger partial charge in [0.1, 0.15) is 0 Å². The maximum absolute atomic E-state index is 12.4. The molecule has 1 N–H and O–H groups in total. The Balaban J connectivity index is 2.50. The molecule has 1 rings (SSSR count). The number of carboxylic acid groups (broad SMARTS) is 1. The summed E-state index contributed by atoms with van der Waals surface area (Å²) in [5.41, 5.74) is 0. The van der Waals surface area contributed by atoms with Gasteiger partial charge in [0, 0.05) is 26.2 Å². The van der Waals surface area contributed by atoms with Crippen LogP contribution in [0, 0.1) is 5.92 Å². The standard InChI is InChI=1S/C15H28N2O3/c1-3-6-13-7-5-10-17(11-8-13)15(20)16(4-2)12-9-14(18)19/h13H,3-12H2,1-2H3,(H,18,19). The highest BCUT2D eigenvalue weighted by Gasteiger charge is 2.23. The van der Waals surface area contributed by atoms with Gasteiger partial charge in [-0.05, 0) is 32.1 Å². The second-order valence-electron chi connectivity index (χ2n) is 5.58. The zero-order chi connectivity index (χ0) is 15.0. The Morgan fingerprint density at radius 1 is 1.25 bits per heavy atom. The molecule has 1 heterocycles. The molecule has 0 spiro atoms. The number of hydrogen-bond acceptors (Lipinski definition) is 2. The van der Waals surface area contributed by atoms with Crippen molar-refractivity contribution in [2.75, 3.05) is 26.2 Å². The molecule has 0 aliphatic carbocycles. The van der Waals surface area contributed by atoms with Crippen LogP contribution in [0.1, 0.15) is 52.4 Å². The third-order valence-corrected chi connectivity index (χ3v) is 4.06. The van der Waals surface area contributed by atoms with Crippen molar-refractivity contribution < 1.29 is 14.7 Å². The van der Waals surface area contributed by atoms with Gasteiger partial charge in [0.25, 0.3) is 0 Å². The molecule has 0 aromatic carbocycles. The van der Waals surface area contributed by atoms with Crippen molar-refractivity contribution >= 4 is 12.0 Å². The third-order valence-electron chi connectivity index (χ3n) is 4.06. The Labute approximate surface area is 121 Å². The molecule has 1 aliphatic heterocycles. The summed E-state index contributed by atoms with van der Waals surface area (Å²) < 4.78 is 0. The number of amides is 2. The largest absolute Gasteiger partial charge is 0.481 e. The highest BCUT2D eigenvalue weighted by Crippen LogP contribution is 2.22. The molecule has 0 radical (unpaired) electrons. The number of likely N-dealkylation sites (tertiary alicyclic amines) is 1. The predicted octanol–water partition coefficient (Wildman–Crippen LogP) is 2.81. The molecule has 5 heteroatoms. The summed E-state index contributed by atoms with van der Waals surface area (Å²) in [7, 11) is 0. The molecule has 5 nitrogen and oxygen atoms in total. The molecule has 0 bridgehead atoms. The van der Waals surface area contributed by atoms with E-state index >= 15 is 0 Å². The summed E-state index contributed by atoms with van der Waals surface area (Å²) in [4.78, 5) is 26.6. The monoisotopic (exact) mass is 284 g/mol. The first-order valence-corrected chi connectivity index (χ1v) is 7.84. The minimum absolute atomic E-state index is 0.00546. The van der Waals surface area contributed by atoms with Crippen molar-refractivity contribution in [2.45, 2.75) is 52.4 Å². The summed E-state index contributed by atoms with van der Waals surface area (Å²) in [5, 5.41) is 8.74. The number of rotatable bonds is 6. The summed E-state index contributed by atoms with van der Waals surface area (Å²) in [5.74, 6) is -0.109. The van der Waals surface area contributed by atoms with Gasteiger partial charge in [-0.1, -0.05) is 19.8 Å². The number of carbonyl (C=O) groups is 2. The predicted molar refractivity (Wildman–Crippen MR) is 78.7 cm³/mol. The van der Waals surface area contributed by atoms with Crippen LogP contribution in [0.5, 0.6) is 0 Å². The number of aliphatic carboxylic acids is 1. The second-order valence-corrected chi connectivity index (χ2v) is 5.58. The van der Waals surface area contributed by atoms with E-state index in [1.165, 1.54) is 19.3 Å². The first-order valence-electron chi connectivity index (χ1n) is 7.84. The van der Waals surface area contributed by atoms with Crippen molar-refractivity contribution in [1.82, 2.24) is 9.80 Å². The second kappa shape index (κ2) is 8.82. The molecular weight excluding hydrogens is 256 g/mol. The fraction of sp³-hybridized carbons (Fsp3) is 0.867. The molecule has 20 heavy (non-hydrogen) atoms. The summed E-state index contributed by atoms with van der Waals surface area (Å²) in [6.45, 7) is 6.60. The molecule has 1 atom stereocenters. The molecule has 116 valence electrons. The number of nitrogens with zero attached hydrogens (tertiary/aromatic N) is 2. The average molecular weight is 284 g/mol. The zero-order valence-corrected chi connectivity index (χ0v) is 12.8. The molecule has 1 fully saturated rings. The van der Waals surface area contributed by atoms with E-state index in [-0.39, 0.29) is 12.5 Å². The molecule has 0 aromatic rings. The molecule has 0 saturated carbocycles. The van der Waals surface area contributed by atoms with Gasteiger partial charge in [-0.15, -0.1) is 0 Å². The Morgan fingerprint density at radius 2 is 2.00 bits per heavy atom. The number of carbonyl (C=O) groups excluding carboxylic acids is 1. The molecule has 1 aliphatic rings. The van der Waals surface area contributed by atoms with E-state index in [9.17, 15) is 9.59 Å². The van der Waals surface area contributed by atoms with Gasteiger partial charge in [0.05, 0.1) is 6.42 Å². The maximum Gasteiger partial charge on any atom is 0.320 e. The third kappa shape index (κ3) is 5.39. The van der Waals surface area contributed by atoms with E-state index in [1.807, 2.05) is 11.8 Å². The normalized spacial score (nSPS) is 19.5. The van der Waals surface area contributed by atoms with E-state index in [4.69, 9.17) is 5.11 Å². The van der Waals surface area contributed by atoms with Crippen LogP contribution in [0.3, 0.4) is 0 Å². The average Bonchev–Trinajstić information content (AvgIpc) is 2.65. The topological polar surface area (TPSA) is 60.9 Å². The van der Waals surface area contributed by atoms with Crippen molar-refractivity contribution in [1.29, 1.82) is 0 Å². The van der Waals surface area contributed by atoms with E-state index in [1.54, 1.807) is 4.90 Å². The van der Waals surface area contributed by atoms with Crippen LogP contribution < -0.4 is 0 Å². The lowest BCUT2D eigenvalue weighted by molar-refractivity contribution is -0.137. The van der Waals surface area contributed by atoms with Gasteiger partial charge in [-0.25, -0.2) is 4.79 Å². The fourth-order valence-corrected chi connectivity index (χ4v) is 2.87. The van der Waals surface area contributed by atoms with Crippen LogP contribution in [0.2, 0.25) is 0 Å². The van der Waals surface area contributed by atoms with Gasteiger partial charge in [0.15, 0.2) is 0 Å². The lowest BCUT2D eigenvalue weighted by atomic mass is 9.96. The van der Waals surface area contributed by atoms with Crippen molar-refractivity contribution in [3.05, 3.63) is 0 Å². The Bertz CT molecular complexity index is 320. The molecule has 1 unspecified atom stereocenters. The fourth-order valence-electron chi connectivity index (χ4n) is 2.87. The SMILES string of the molecule is CCCC1CCCN(C(=O)N(CC)CCC(=O)O)CC1. The highest BCUT2D eigenvalue weighted by atomic mass is 16.4. The molecular formula is C15H28N2O3. The van der Waals surface area contributed by atoms with E-state index in [0.29, 0.717) is 13.1 Å². The summed E-state index contributed by atoms with van der Waals surface area (Å²) in [6.07, 6.45) is 5.82. The highest BCUT2D eigenvalue weighted by molar-refractivity contribution is 5.75. The van der Waals surface area contributed by atoms with Gasteiger partial charge < -0.3 is 14.9 Å². The summed E-state index contributed by atoms with van der Waals surface area (Å²) >= 11 is 0. The van der Waals surface area contributed by atoms with Crippen LogP contribution in [0.25, 0.3) is 0 Å². The van der Waals surface area contributed by atoms with Crippen LogP contribution >= 0.6 is 0 Å². The van der Waals surface area contributed by atoms with E-state index in [2.05, 4.69) is 6.92 Å². The number of hydrogen-bond donors (Lipinski definition) is 1. The number of urea groups is 1. The van der Waals surface area contributed by atoms with E-state index in [0.717, 1.165) is 31.8 Å². The summed E-state index contributed by atoms with van der Waals surface area (Å²) in [6, 6.07) is 0.00546. The van der Waals surface area contributed by atoms with Gasteiger partial charge in [0.2, 0.25) is 0 Å². The van der Waals surface area contributed by atoms with Gasteiger partial charge in [-0.3, -0.25) is 4.79 Å². The van der Waals surface area contributed by atoms with Crippen LogP contribution in [0.15, 0.2) is 0 Å². The minimum Gasteiger partial charge on any atom is -0.481 e. The zero-order valence-electron chi connectivity index (χ0n) is 12.8. The lowest BCUT2D eigenvalue weighted by Crippen LogP contribution is -2.44.